The van der Waals surface area contributed by atoms with Crippen molar-refractivity contribution in [1.29, 1.82) is 0 Å². The molecule has 0 aliphatic heterocycles. The second-order valence-corrected chi connectivity index (χ2v) is 5.92. The zero-order valence-electron chi connectivity index (χ0n) is 12.4. The zero-order chi connectivity index (χ0) is 15.5. The van der Waals surface area contributed by atoms with Crippen LogP contribution in [0.4, 0.5) is 5.69 Å². The number of rotatable bonds is 4. The molecule has 22 heavy (non-hydrogen) atoms. The van der Waals surface area contributed by atoms with E-state index in [1.165, 1.54) is 19.3 Å². The molecular weight excluding hydrogens is 280 g/mol. The summed E-state index contributed by atoms with van der Waals surface area (Å²) in [6.07, 6.45) is 6.33. The first-order valence-corrected chi connectivity index (χ1v) is 7.76. The molecule has 1 aromatic carbocycles. The Kier molecular flexibility index (Phi) is 4.13. The van der Waals surface area contributed by atoms with Gasteiger partial charge in [0.25, 0.3) is 5.91 Å². The van der Waals surface area contributed by atoms with Crippen molar-refractivity contribution in [2.75, 3.05) is 5.32 Å². The van der Waals surface area contributed by atoms with Gasteiger partial charge in [-0.05, 0) is 30.9 Å². The van der Waals surface area contributed by atoms with Crippen LogP contribution in [-0.4, -0.2) is 11.8 Å². The van der Waals surface area contributed by atoms with Gasteiger partial charge in [0.05, 0.1) is 0 Å². The van der Waals surface area contributed by atoms with Crippen molar-refractivity contribution < 1.29 is 14.0 Å². The number of para-hydroxylation sites is 1. The topological polar surface area (TPSA) is 85.3 Å². The number of carbonyl (C=O) groups excluding carboxylic acids is 2. The van der Waals surface area contributed by atoms with E-state index in [0.29, 0.717) is 29.0 Å². The normalized spacial score (nSPS) is 15.8. The smallest absolute Gasteiger partial charge is 0.286 e. The van der Waals surface area contributed by atoms with Crippen LogP contribution in [0.1, 0.15) is 49.1 Å². The van der Waals surface area contributed by atoms with Gasteiger partial charge in [0.2, 0.25) is 11.7 Å². The molecule has 1 fully saturated rings. The molecule has 116 valence electrons. The molecule has 1 aromatic heterocycles. The molecule has 0 saturated heterocycles. The standard InChI is InChI=1S/C17H20N2O3/c18-17(21)16-15(12-8-4-5-9-13(12)22-16)19-14(20)10-11-6-2-1-3-7-11/h4-5,8-9,11H,1-3,6-7,10H2,(H2,18,21)(H,19,20). The van der Waals surface area contributed by atoms with Gasteiger partial charge in [-0.15, -0.1) is 0 Å². The molecule has 3 N–H and O–H groups in total. The summed E-state index contributed by atoms with van der Waals surface area (Å²) in [6, 6.07) is 7.20. The number of nitrogens with two attached hydrogens (primary N) is 1. The van der Waals surface area contributed by atoms with Gasteiger partial charge in [-0.25, -0.2) is 0 Å². The monoisotopic (exact) mass is 300 g/mol. The predicted octanol–water partition coefficient (Wildman–Crippen LogP) is 3.44. The maximum Gasteiger partial charge on any atom is 0.286 e. The highest BCUT2D eigenvalue weighted by molar-refractivity contribution is 6.10. The Morgan fingerprint density at radius 2 is 1.91 bits per heavy atom. The van der Waals surface area contributed by atoms with Crippen LogP contribution in [0.3, 0.4) is 0 Å². The largest absolute Gasteiger partial charge is 0.449 e. The molecule has 0 unspecified atom stereocenters. The van der Waals surface area contributed by atoms with Gasteiger partial charge in [0, 0.05) is 11.8 Å². The quantitative estimate of drug-likeness (QED) is 0.907. The van der Waals surface area contributed by atoms with Crippen LogP contribution < -0.4 is 11.1 Å². The molecule has 1 aliphatic carbocycles. The number of amides is 2. The second-order valence-electron chi connectivity index (χ2n) is 5.92. The van der Waals surface area contributed by atoms with Crippen molar-refractivity contribution in [3.63, 3.8) is 0 Å². The van der Waals surface area contributed by atoms with Gasteiger partial charge in [0.1, 0.15) is 11.3 Å². The number of furan rings is 1. The fraction of sp³-hybridized carbons (Fsp3) is 0.412. The molecule has 1 saturated carbocycles. The van der Waals surface area contributed by atoms with Crippen molar-refractivity contribution in [3.05, 3.63) is 30.0 Å². The van der Waals surface area contributed by atoms with E-state index in [4.69, 9.17) is 10.2 Å². The number of primary amides is 1. The van der Waals surface area contributed by atoms with Crippen molar-refractivity contribution >= 4 is 28.5 Å². The Bertz CT molecular complexity index is 699. The molecule has 5 heteroatoms. The number of carbonyl (C=O) groups is 2. The summed E-state index contributed by atoms with van der Waals surface area (Å²) >= 11 is 0. The van der Waals surface area contributed by atoms with E-state index in [1.807, 2.05) is 18.2 Å². The third-order valence-corrected chi connectivity index (χ3v) is 4.28. The first-order chi connectivity index (χ1) is 10.6. The van der Waals surface area contributed by atoms with Crippen LogP contribution in [0.25, 0.3) is 11.0 Å². The third-order valence-electron chi connectivity index (χ3n) is 4.28. The van der Waals surface area contributed by atoms with E-state index in [0.717, 1.165) is 12.8 Å². The maximum atomic E-state index is 12.3. The van der Waals surface area contributed by atoms with E-state index >= 15 is 0 Å². The van der Waals surface area contributed by atoms with Gasteiger partial charge in [0.15, 0.2) is 0 Å². The summed E-state index contributed by atoms with van der Waals surface area (Å²) < 4.78 is 5.46. The molecule has 5 nitrogen and oxygen atoms in total. The van der Waals surface area contributed by atoms with Crippen molar-refractivity contribution in [2.45, 2.75) is 38.5 Å². The average Bonchev–Trinajstić information content (AvgIpc) is 2.87. The molecule has 0 bridgehead atoms. The van der Waals surface area contributed by atoms with Crippen LogP contribution in [0, 0.1) is 5.92 Å². The summed E-state index contributed by atoms with van der Waals surface area (Å²) in [6.45, 7) is 0. The molecule has 0 atom stereocenters. The minimum atomic E-state index is -0.677. The fourth-order valence-electron chi connectivity index (χ4n) is 3.19. The summed E-state index contributed by atoms with van der Waals surface area (Å²) in [5, 5.41) is 3.53. The molecule has 3 rings (SSSR count). The molecular formula is C17H20N2O3. The first kappa shape index (κ1) is 14.6. The number of anilines is 1. The lowest BCUT2D eigenvalue weighted by Gasteiger charge is -2.20. The van der Waals surface area contributed by atoms with Crippen LogP contribution in [0.5, 0.6) is 0 Å². The van der Waals surface area contributed by atoms with E-state index in [9.17, 15) is 9.59 Å². The van der Waals surface area contributed by atoms with E-state index in [2.05, 4.69) is 5.32 Å². The highest BCUT2D eigenvalue weighted by Crippen LogP contribution is 2.32. The summed E-state index contributed by atoms with van der Waals surface area (Å²) in [5.41, 5.74) is 6.29. The van der Waals surface area contributed by atoms with Crippen LogP contribution >= 0.6 is 0 Å². The summed E-state index contributed by atoms with van der Waals surface area (Å²) in [5.74, 6) is -0.313. The highest BCUT2D eigenvalue weighted by atomic mass is 16.3. The van der Waals surface area contributed by atoms with E-state index in [-0.39, 0.29) is 11.7 Å². The van der Waals surface area contributed by atoms with Crippen LogP contribution in [0.2, 0.25) is 0 Å². The van der Waals surface area contributed by atoms with Gasteiger partial charge in [-0.2, -0.15) is 0 Å². The Morgan fingerprint density at radius 3 is 2.64 bits per heavy atom. The lowest BCUT2D eigenvalue weighted by molar-refractivity contribution is -0.117. The van der Waals surface area contributed by atoms with Crippen molar-refractivity contribution in [1.82, 2.24) is 0 Å². The molecule has 1 aliphatic rings. The number of benzene rings is 1. The number of nitrogens with one attached hydrogen (secondary N) is 1. The molecule has 1 heterocycles. The summed E-state index contributed by atoms with van der Waals surface area (Å²) in [4.78, 5) is 23.8. The minimum Gasteiger partial charge on any atom is -0.449 e. The first-order valence-electron chi connectivity index (χ1n) is 7.76. The van der Waals surface area contributed by atoms with Crippen molar-refractivity contribution in [2.24, 2.45) is 11.7 Å². The van der Waals surface area contributed by atoms with E-state index in [1.54, 1.807) is 6.07 Å². The lowest BCUT2D eigenvalue weighted by Crippen LogP contribution is -2.20. The Balaban J connectivity index is 1.81. The Hall–Kier alpha value is -2.30. The fourth-order valence-corrected chi connectivity index (χ4v) is 3.19. The Morgan fingerprint density at radius 1 is 1.18 bits per heavy atom. The SMILES string of the molecule is NC(=O)c1oc2ccccc2c1NC(=O)CC1CCCCC1. The molecule has 2 amide bonds. The van der Waals surface area contributed by atoms with Gasteiger partial charge in [-0.3, -0.25) is 9.59 Å². The van der Waals surface area contributed by atoms with Gasteiger partial charge < -0.3 is 15.5 Å². The number of fused-ring (bicyclic) bond motifs is 1. The molecule has 0 radical (unpaired) electrons. The zero-order valence-corrected chi connectivity index (χ0v) is 12.4. The third kappa shape index (κ3) is 2.98. The van der Waals surface area contributed by atoms with Crippen LogP contribution in [0.15, 0.2) is 28.7 Å². The Labute approximate surface area is 128 Å². The number of hydrogen-bond acceptors (Lipinski definition) is 3. The minimum absolute atomic E-state index is 0.0122. The predicted molar refractivity (Wildman–Crippen MR) is 84.6 cm³/mol. The molecule has 0 spiro atoms. The van der Waals surface area contributed by atoms with Gasteiger partial charge in [-0.1, -0.05) is 31.4 Å². The molecule has 2 aromatic rings. The average molecular weight is 300 g/mol. The second kappa shape index (κ2) is 6.22. The van der Waals surface area contributed by atoms with E-state index < -0.39 is 5.91 Å². The lowest BCUT2D eigenvalue weighted by atomic mass is 9.87. The maximum absolute atomic E-state index is 12.3. The summed E-state index contributed by atoms with van der Waals surface area (Å²) in [7, 11) is 0. The highest BCUT2D eigenvalue weighted by Gasteiger charge is 2.22. The van der Waals surface area contributed by atoms with Crippen LogP contribution in [-0.2, 0) is 4.79 Å². The van der Waals surface area contributed by atoms with Gasteiger partial charge >= 0.3 is 0 Å². The van der Waals surface area contributed by atoms with Crippen molar-refractivity contribution in [3.8, 4) is 0 Å². The number of hydrogen-bond donors (Lipinski definition) is 2.